The largest absolute Gasteiger partial charge is 0.497 e. The van der Waals surface area contributed by atoms with Crippen molar-refractivity contribution in [1.82, 2.24) is 4.57 Å². The second-order valence-electron chi connectivity index (χ2n) is 6.95. The number of rotatable bonds is 5. The van der Waals surface area contributed by atoms with Crippen LogP contribution in [0.5, 0.6) is 11.5 Å². The van der Waals surface area contributed by atoms with E-state index < -0.39 is 0 Å². The van der Waals surface area contributed by atoms with Gasteiger partial charge in [-0.25, -0.2) is 9.36 Å². The fraction of sp³-hybridized carbons (Fsp3) is 0.167. The van der Waals surface area contributed by atoms with Crippen LogP contribution in [-0.4, -0.2) is 18.8 Å². The van der Waals surface area contributed by atoms with Crippen molar-refractivity contribution in [3.05, 3.63) is 93.5 Å². The van der Waals surface area contributed by atoms with Crippen molar-refractivity contribution < 1.29 is 14.0 Å². The zero-order valence-corrected chi connectivity index (χ0v) is 17.8. The summed E-state index contributed by atoms with van der Waals surface area (Å²) in [5.74, 6) is 2.27. The summed E-state index contributed by atoms with van der Waals surface area (Å²) in [6.45, 7) is 2.48. The minimum Gasteiger partial charge on any atom is -0.497 e. The first-order chi connectivity index (χ1) is 14.5. The van der Waals surface area contributed by atoms with Gasteiger partial charge in [0.15, 0.2) is 0 Å². The van der Waals surface area contributed by atoms with Gasteiger partial charge in [-0.2, -0.15) is 4.57 Å². The molecular formula is C24H22ClN2O3+. The van der Waals surface area contributed by atoms with Crippen molar-refractivity contribution in [2.24, 2.45) is 0 Å². The Morgan fingerprint density at radius 3 is 2.40 bits per heavy atom. The van der Waals surface area contributed by atoms with Gasteiger partial charge in [-0.05, 0) is 48.5 Å². The van der Waals surface area contributed by atoms with Crippen molar-refractivity contribution in [2.75, 3.05) is 14.2 Å². The van der Waals surface area contributed by atoms with Crippen molar-refractivity contribution in [3.8, 4) is 17.2 Å². The number of ether oxygens (including phenoxy) is 2. The molecular weight excluding hydrogens is 400 g/mol. The second kappa shape index (κ2) is 8.20. The van der Waals surface area contributed by atoms with Gasteiger partial charge in [0.1, 0.15) is 34.6 Å². The second-order valence-corrected chi connectivity index (χ2v) is 7.38. The van der Waals surface area contributed by atoms with Gasteiger partial charge < -0.3 is 9.47 Å². The summed E-state index contributed by atoms with van der Waals surface area (Å²) in [4.78, 5) is 13.3. The molecule has 0 aliphatic carbocycles. The molecule has 0 spiro atoms. The van der Waals surface area contributed by atoms with E-state index in [4.69, 9.17) is 21.1 Å². The molecule has 1 heterocycles. The Labute approximate surface area is 179 Å². The van der Waals surface area contributed by atoms with E-state index in [9.17, 15) is 4.79 Å². The molecule has 5 nitrogen and oxygen atoms in total. The maximum Gasteiger partial charge on any atom is 0.350 e. The van der Waals surface area contributed by atoms with Crippen molar-refractivity contribution in [2.45, 2.75) is 13.5 Å². The summed E-state index contributed by atoms with van der Waals surface area (Å²) in [5, 5.41) is 1.27. The van der Waals surface area contributed by atoms with Gasteiger partial charge in [-0.3, -0.25) is 0 Å². The highest BCUT2D eigenvalue weighted by Gasteiger charge is 2.23. The lowest BCUT2D eigenvalue weighted by Crippen LogP contribution is -2.45. The monoisotopic (exact) mass is 421 g/mol. The van der Waals surface area contributed by atoms with Crippen LogP contribution < -0.4 is 19.6 Å². The Balaban J connectivity index is 1.96. The molecule has 0 fully saturated rings. The van der Waals surface area contributed by atoms with Gasteiger partial charge in [0.2, 0.25) is 0 Å². The number of aromatic nitrogens is 2. The van der Waals surface area contributed by atoms with E-state index in [0.717, 1.165) is 34.1 Å². The quantitative estimate of drug-likeness (QED) is 0.451. The first kappa shape index (κ1) is 20.0. The molecule has 3 aromatic carbocycles. The number of para-hydroxylation sites is 1. The maximum absolute atomic E-state index is 13.3. The van der Waals surface area contributed by atoms with E-state index in [1.54, 1.807) is 30.9 Å². The fourth-order valence-electron chi connectivity index (χ4n) is 3.70. The van der Waals surface area contributed by atoms with Crippen LogP contribution in [-0.2, 0) is 6.54 Å². The molecule has 152 valence electrons. The first-order valence-corrected chi connectivity index (χ1v) is 9.92. The number of hydrogen-bond donors (Lipinski definition) is 0. The Morgan fingerprint density at radius 1 is 0.967 bits per heavy atom. The Hall–Kier alpha value is -3.31. The molecule has 0 saturated heterocycles. The highest BCUT2D eigenvalue weighted by molar-refractivity contribution is 6.30. The maximum atomic E-state index is 13.3. The normalized spacial score (nSPS) is 10.9. The summed E-state index contributed by atoms with van der Waals surface area (Å²) in [7, 11) is 3.27. The topological polar surface area (TPSA) is 44.3 Å². The van der Waals surface area contributed by atoms with E-state index in [2.05, 4.69) is 4.57 Å². The number of benzene rings is 3. The van der Waals surface area contributed by atoms with E-state index in [1.807, 2.05) is 61.5 Å². The first-order valence-electron chi connectivity index (χ1n) is 9.54. The molecule has 30 heavy (non-hydrogen) atoms. The molecule has 0 atom stereocenters. The number of nitrogens with zero attached hydrogens (tertiary/aromatic N) is 2. The Bertz CT molecular complexity index is 1280. The van der Waals surface area contributed by atoms with Crippen LogP contribution >= 0.6 is 11.6 Å². The SMILES string of the molecule is COc1ccc(C[n+]2c(C)n(-c3ccc(Cl)cc3)c(=O)c3ccccc32)c(OC)c1. The average Bonchev–Trinajstić information content (AvgIpc) is 2.78. The molecule has 0 unspecified atom stereocenters. The highest BCUT2D eigenvalue weighted by Crippen LogP contribution is 2.25. The summed E-state index contributed by atoms with van der Waals surface area (Å²) in [6.07, 6.45) is 0. The lowest BCUT2D eigenvalue weighted by molar-refractivity contribution is -0.673. The third-order valence-electron chi connectivity index (χ3n) is 5.25. The number of hydrogen-bond acceptors (Lipinski definition) is 3. The lowest BCUT2D eigenvalue weighted by Gasteiger charge is -2.14. The van der Waals surface area contributed by atoms with Crippen LogP contribution in [0.3, 0.4) is 0 Å². The van der Waals surface area contributed by atoms with Crippen LogP contribution in [0.25, 0.3) is 16.6 Å². The van der Waals surface area contributed by atoms with Gasteiger partial charge in [-0.1, -0.05) is 23.7 Å². The van der Waals surface area contributed by atoms with Crippen LogP contribution in [0.1, 0.15) is 11.4 Å². The minimum absolute atomic E-state index is 0.0663. The Kier molecular flexibility index (Phi) is 5.46. The minimum atomic E-state index is -0.0663. The summed E-state index contributed by atoms with van der Waals surface area (Å²) >= 11 is 6.05. The van der Waals surface area contributed by atoms with Crippen LogP contribution in [0.2, 0.25) is 5.02 Å². The molecule has 4 rings (SSSR count). The van der Waals surface area contributed by atoms with E-state index in [0.29, 0.717) is 17.0 Å². The van der Waals surface area contributed by atoms with Gasteiger partial charge in [-0.15, -0.1) is 0 Å². The van der Waals surface area contributed by atoms with Crippen molar-refractivity contribution in [1.29, 1.82) is 0 Å². The smallest absolute Gasteiger partial charge is 0.350 e. The molecule has 6 heteroatoms. The summed E-state index contributed by atoms with van der Waals surface area (Å²) in [5.41, 5.74) is 2.55. The molecule has 0 saturated carbocycles. The van der Waals surface area contributed by atoms with Crippen LogP contribution in [0.15, 0.2) is 71.5 Å². The third kappa shape index (κ3) is 3.53. The van der Waals surface area contributed by atoms with E-state index in [-0.39, 0.29) is 5.56 Å². The van der Waals surface area contributed by atoms with Crippen LogP contribution in [0, 0.1) is 6.92 Å². The molecule has 4 aromatic rings. The molecule has 0 radical (unpaired) electrons. The molecule has 0 N–H and O–H groups in total. The summed E-state index contributed by atoms with van der Waals surface area (Å²) in [6, 6.07) is 20.7. The number of halogens is 1. The molecule has 0 bridgehead atoms. The zero-order valence-electron chi connectivity index (χ0n) is 17.1. The van der Waals surface area contributed by atoms with E-state index >= 15 is 0 Å². The molecule has 0 aliphatic heterocycles. The lowest BCUT2D eigenvalue weighted by atomic mass is 10.1. The predicted octanol–water partition coefficient (Wildman–Crippen LogP) is 4.31. The van der Waals surface area contributed by atoms with Gasteiger partial charge in [0.25, 0.3) is 5.82 Å². The summed E-state index contributed by atoms with van der Waals surface area (Å²) < 4.78 is 14.7. The average molecular weight is 422 g/mol. The molecule has 0 amide bonds. The van der Waals surface area contributed by atoms with Crippen molar-refractivity contribution >= 4 is 22.5 Å². The highest BCUT2D eigenvalue weighted by atomic mass is 35.5. The number of methoxy groups -OCH3 is 2. The van der Waals surface area contributed by atoms with Gasteiger partial charge >= 0.3 is 5.56 Å². The van der Waals surface area contributed by atoms with E-state index in [1.165, 1.54) is 0 Å². The predicted molar refractivity (Wildman–Crippen MR) is 118 cm³/mol. The molecule has 0 aliphatic rings. The number of fused-ring (bicyclic) bond motifs is 1. The van der Waals surface area contributed by atoms with Gasteiger partial charge in [0, 0.05) is 23.6 Å². The standard InChI is InChI=1S/C24H22ClN2O3/c1-16-26(15-17-8-13-20(29-2)14-23(17)30-3)22-7-5-4-6-21(22)24(28)27(16)19-11-9-18(25)10-12-19/h4-14H,15H2,1-3H3/q+1. The zero-order chi connectivity index (χ0) is 21.3. The third-order valence-corrected chi connectivity index (χ3v) is 5.50. The van der Waals surface area contributed by atoms with Gasteiger partial charge in [0.05, 0.1) is 14.2 Å². The fourth-order valence-corrected chi connectivity index (χ4v) is 3.82. The van der Waals surface area contributed by atoms with Crippen molar-refractivity contribution in [3.63, 3.8) is 0 Å². The van der Waals surface area contributed by atoms with Crippen LogP contribution in [0.4, 0.5) is 0 Å². The Morgan fingerprint density at radius 2 is 1.70 bits per heavy atom. The molecule has 1 aromatic heterocycles.